The van der Waals surface area contributed by atoms with E-state index in [2.05, 4.69) is 20.9 Å². The van der Waals surface area contributed by atoms with E-state index in [-0.39, 0.29) is 12.2 Å². The summed E-state index contributed by atoms with van der Waals surface area (Å²) in [7, 11) is 0. The molecule has 3 aromatic rings. The molecule has 106 valence electrons. The number of H-pyrrole nitrogens is 1. The smallest absolute Gasteiger partial charge is 0.307 e. The second kappa shape index (κ2) is 5.33. The average Bonchev–Trinajstić information content (AvgIpc) is 2.76. The van der Waals surface area contributed by atoms with Gasteiger partial charge in [-0.05, 0) is 35.9 Å². The Morgan fingerprint density at radius 2 is 2.05 bits per heavy atom. The largest absolute Gasteiger partial charge is 0.481 e. The quantitative estimate of drug-likeness (QED) is 0.739. The van der Waals surface area contributed by atoms with Gasteiger partial charge in [-0.1, -0.05) is 28.1 Å². The van der Waals surface area contributed by atoms with Gasteiger partial charge in [0.05, 0.1) is 12.1 Å². The Balaban J connectivity index is 2.28. The summed E-state index contributed by atoms with van der Waals surface area (Å²) in [5, 5.41) is 9.97. The first-order valence-electron chi connectivity index (χ1n) is 6.32. The number of carboxylic acids is 1. The van der Waals surface area contributed by atoms with Crippen LogP contribution in [0.15, 0.2) is 46.9 Å². The lowest BCUT2D eigenvalue weighted by atomic mass is 10.0. The molecule has 0 aliphatic rings. The van der Waals surface area contributed by atoms with Crippen LogP contribution in [0.4, 0.5) is 4.39 Å². The number of fused-ring (bicyclic) bond motifs is 1. The number of benzene rings is 2. The van der Waals surface area contributed by atoms with Gasteiger partial charge in [0.1, 0.15) is 5.82 Å². The van der Waals surface area contributed by atoms with Crippen LogP contribution in [0.2, 0.25) is 0 Å². The molecular weight excluding hydrogens is 337 g/mol. The first-order valence-corrected chi connectivity index (χ1v) is 7.12. The molecule has 3 rings (SSSR count). The Kier molecular flexibility index (Phi) is 3.51. The molecule has 0 fully saturated rings. The standard InChI is InChI=1S/C16H11BrFNO2/c17-10-4-5-14-12(7-10)13(8-15(20)21)16(19-14)9-2-1-3-11(18)6-9/h1-7,19H,8H2,(H,20,21). The highest BCUT2D eigenvalue weighted by Gasteiger charge is 2.16. The molecule has 21 heavy (non-hydrogen) atoms. The number of carbonyl (C=O) groups is 1. The van der Waals surface area contributed by atoms with Crippen LogP contribution in [0.5, 0.6) is 0 Å². The molecule has 0 atom stereocenters. The summed E-state index contributed by atoms with van der Waals surface area (Å²) in [6, 6.07) is 11.7. The minimum Gasteiger partial charge on any atom is -0.481 e. The molecule has 1 aromatic heterocycles. The van der Waals surface area contributed by atoms with E-state index in [1.54, 1.807) is 12.1 Å². The molecule has 0 radical (unpaired) electrons. The summed E-state index contributed by atoms with van der Waals surface area (Å²) in [5.41, 5.74) is 2.77. The molecule has 0 spiro atoms. The maximum absolute atomic E-state index is 13.4. The van der Waals surface area contributed by atoms with Gasteiger partial charge in [0.15, 0.2) is 0 Å². The van der Waals surface area contributed by atoms with Gasteiger partial charge in [-0.3, -0.25) is 4.79 Å². The van der Waals surface area contributed by atoms with Crippen LogP contribution in [0, 0.1) is 5.82 Å². The van der Waals surface area contributed by atoms with Crippen molar-refractivity contribution in [2.75, 3.05) is 0 Å². The molecular formula is C16H11BrFNO2. The number of halogens is 2. The van der Waals surface area contributed by atoms with Crippen LogP contribution >= 0.6 is 15.9 Å². The van der Waals surface area contributed by atoms with E-state index < -0.39 is 5.97 Å². The van der Waals surface area contributed by atoms with E-state index in [1.807, 2.05) is 18.2 Å². The van der Waals surface area contributed by atoms with Crippen LogP contribution in [0.1, 0.15) is 5.56 Å². The maximum Gasteiger partial charge on any atom is 0.307 e. The zero-order valence-corrected chi connectivity index (χ0v) is 12.4. The van der Waals surface area contributed by atoms with Crippen LogP contribution in [-0.4, -0.2) is 16.1 Å². The summed E-state index contributed by atoms with van der Waals surface area (Å²) >= 11 is 3.39. The van der Waals surface area contributed by atoms with Crippen molar-refractivity contribution in [2.45, 2.75) is 6.42 Å². The Morgan fingerprint density at radius 3 is 2.76 bits per heavy atom. The predicted octanol–water partition coefficient (Wildman–Crippen LogP) is 4.36. The van der Waals surface area contributed by atoms with Crippen molar-refractivity contribution in [3.05, 3.63) is 58.3 Å². The van der Waals surface area contributed by atoms with Crippen molar-refractivity contribution in [3.63, 3.8) is 0 Å². The molecule has 0 saturated heterocycles. The molecule has 5 heteroatoms. The number of aliphatic carboxylic acids is 1. The highest BCUT2D eigenvalue weighted by molar-refractivity contribution is 9.10. The first kappa shape index (κ1) is 13.8. The predicted molar refractivity (Wildman–Crippen MR) is 82.7 cm³/mol. The van der Waals surface area contributed by atoms with Gasteiger partial charge in [-0.25, -0.2) is 4.39 Å². The number of aromatic amines is 1. The van der Waals surface area contributed by atoms with Crippen molar-refractivity contribution in [1.29, 1.82) is 0 Å². The molecule has 3 nitrogen and oxygen atoms in total. The zero-order valence-electron chi connectivity index (χ0n) is 10.9. The highest BCUT2D eigenvalue weighted by atomic mass is 79.9. The lowest BCUT2D eigenvalue weighted by Gasteiger charge is -2.03. The Bertz CT molecular complexity index is 841. The van der Waals surface area contributed by atoms with Gasteiger partial charge in [0.25, 0.3) is 0 Å². The molecule has 0 bridgehead atoms. The third-order valence-electron chi connectivity index (χ3n) is 3.31. The van der Waals surface area contributed by atoms with Crippen LogP contribution in [-0.2, 0) is 11.2 Å². The van der Waals surface area contributed by atoms with Crippen molar-refractivity contribution in [1.82, 2.24) is 4.98 Å². The number of rotatable bonds is 3. The summed E-state index contributed by atoms with van der Waals surface area (Å²) in [6.07, 6.45) is -0.123. The number of carboxylic acid groups (broad SMARTS) is 1. The molecule has 2 N–H and O–H groups in total. The molecule has 0 aliphatic carbocycles. The Labute approximate surface area is 128 Å². The number of hydrogen-bond acceptors (Lipinski definition) is 1. The fourth-order valence-corrected chi connectivity index (χ4v) is 2.81. The van der Waals surface area contributed by atoms with Crippen molar-refractivity contribution < 1.29 is 14.3 Å². The van der Waals surface area contributed by atoms with Gasteiger partial charge < -0.3 is 10.1 Å². The van der Waals surface area contributed by atoms with Gasteiger partial charge in [-0.15, -0.1) is 0 Å². The molecule has 0 saturated carbocycles. The third kappa shape index (κ3) is 2.69. The first-order chi connectivity index (χ1) is 10.0. The van der Waals surface area contributed by atoms with E-state index >= 15 is 0 Å². The second-order valence-corrected chi connectivity index (χ2v) is 5.66. The minimum atomic E-state index is -0.923. The van der Waals surface area contributed by atoms with Crippen LogP contribution < -0.4 is 0 Å². The third-order valence-corrected chi connectivity index (χ3v) is 3.80. The summed E-state index contributed by atoms with van der Waals surface area (Å²) in [5.74, 6) is -1.28. The van der Waals surface area contributed by atoms with Crippen LogP contribution in [0.25, 0.3) is 22.2 Å². The highest BCUT2D eigenvalue weighted by Crippen LogP contribution is 2.32. The number of nitrogens with one attached hydrogen (secondary N) is 1. The van der Waals surface area contributed by atoms with Gasteiger partial charge in [0.2, 0.25) is 0 Å². The average molecular weight is 348 g/mol. The van der Waals surface area contributed by atoms with E-state index in [0.717, 1.165) is 15.4 Å². The van der Waals surface area contributed by atoms with Gasteiger partial charge >= 0.3 is 5.97 Å². The lowest BCUT2D eigenvalue weighted by Crippen LogP contribution is -2.01. The SMILES string of the molecule is O=C(O)Cc1c(-c2cccc(F)c2)[nH]c2ccc(Br)cc12. The summed E-state index contributed by atoms with van der Waals surface area (Å²) < 4.78 is 14.3. The number of aromatic nitrogens is 1. The van der Waals surface area contributed by atoms with E-state index in [9.17, 15) is 9.18 Å². The van der Waals surface area contributed by atoms with Crippen molar-refractivity contribution in [2.24, 2.45) is 0 Å². The molecule has 0 aliphatic heterocycles. The van der Waals surface area contributed by atoms with Crippen molar-refractivity contribution >= 4 is 32.8 Å². The van der Waals surface area contributed by atoms with E-state index in [4.69, 9.17) is 5.11 Å². The van der Waals surface area contributed by atoms with Gasteiger partial charge in [0, 0.05) is 20.9 Å². The zero-order chi connectivity index (χ0) is 15.0. The Morgan fingerprint density at radius 1 is 1.24 bits per heavy atom. The molecule has 0 unspecified atom stereocenters. The van der Waals surface area contributed by atoms with Crippen LogP contribution in [0.3, 0.4) is 0 Å². The molecule has 1 heterocycles. The maximum atomic E-state index is 13.4. The molecule has 2 aromatic carbocycles. The van der Waals surface area contributed by atoms with Crippen molar-refractivity contribution in [3.8, 4) is 11.3 Å². The second-order valence-electron chi connectivity index (χ2n) is 4.75. The fraction of sp³-hybridized carbons (Fsp3) is 0.0625. The normalized spacial score (nSPS) is 11.0. The summed E-state index contributed by atoms with van der Waals surface area (Å²) in [4.78, 5) is 14.3. The minimum absolute atomic E-state index is 0.123. The van der Waals surface area contributed by atoms with E-state index in [1.165, 1.54) is 12.1 Å². The van der Waals surface area contributed by atoms with E-state index in [0.29, 0.717) is 16.8 Å². The summed E-state index contributed by atoms with van der Waals surface area (Å²) in [6.45, 7) is 0. The number of hydrogen-bond donors (Lipinski definition) is 2. The topological polar surface area (TPSA) is 53.1 Å². The lowest BCUT2D eigenvalue weighted by molar-refractivity contribution is -0.136. The fourth-order valence-electron chi connectivity index (χ4n) is 2.45. The van der Waals surface area contributed by atoms with Gasteiger partial charge in [-0.2, -0.15) is 0 Å². The molecule has 0 amide bonds. The Hall–Kier alpha value is -2.14. The monoisotopic (exact) mass is 347 g/mol.